The molecule has 0 aromatic heterocycles. The van der Waals surface area contributed by atoms with Crippen LogP contribution in [0.3, 0.4) is 0 Å². The minimum absolute atomic E-state index is 0.223. The fraction of sp³-hybridized carbons (Fsp3) is 0.300. The minimum atomic E-state index is -0.482. The summed E-state index contributed by atoms with van der Waals surface area (Å²) in [5, 5.41) is 0.905. The van der Waals surface area contributed by atoms with Gasteiger partial charge in [0.15, 0.2) is 12.4 Å². The molecule has 0 saturated heterocycles. The summed E-state index contributed by atoms with van der Waals surface area (Å²) < 4.78 is 9.83. The van der Waals surface area contributed by atoms with Crippen molar-refractivity contribution in [3.8, 4) is 5.75 Å². The van der Waals surface area contributed by atoms with Gasteiger partial charge in [0.05, 0.1) is 16.7 Å². The summed E-state index contributed by atoms with van der Waals surface area (Å²) in [6, 6.07) is 2.96. The first-order valence-corrected chi connectivity index (χ1v) is 5.61. The first-order valence-electron chi connectivity index (χ1n) is 4.47. The van der Waals surface area contributed by atoms with Gasteiger partial charge in [-0.1, -0.05) is 34.8 Å². The Morgan fingerprint density at radius 1 is 1.25 bits per heavy atom. The van der Waals surface area contributed by atoms with E-state index in [-0.39, 0.29) is 22.4 Å². The number of ether oxygens (including phenoxy) is 2. The third-order valence-corrected chi connectivity index (χ3v) is 2.38. The van der Waals surface area contributed by atoms with E-state index in [1.54, 1.807) is 6.92 Å². The molecule has 0 saturated carbocycles. The van der Waals surface area contributed by atoms with Crippen LogP contribution in [0.15, 0.2) is 12.1 Å². The van der Waals surface area contributed by atoms with E-state index in [1.807, 2.05) is 0 Å². The molecule has 0 N–H and O–H groups in total. The molecule has 0 amide bonds. The van der Waals surface area contributed by atoms with Crippen LogP contribution in [0, 0.1) is 0 Å². The highest BCUT2D eigenvalue weighted by atomic mass is 35.5. The number of rotatable bonds is 4. The van der Waals surface area contributed by atoms with Crippen molar-refractivity contribution in [2.45, 2.75) is 6.92 Å². The Hall–Kier alpha value is -0.640. The van der Waals surface area contributed by atoms with Crippen LogP contribution in [-0.2, 0) is 9.53 Å². The maximum atomic E-state index is 11.0. The Morgan fingerprint density at radius 3 is 2.31 bits per heavy atom. The average Bonchev–Trinajstić information content (AvgIpc) is 2.16. The van der Waals surface area contributed by atoms with Crippen molar-refractivity contribution in [2.24, 2.45) is 0 Å². The lowest BCUT2D eigenvalue weighted by molar-refractivity contribution is -0.145. The molecule has 16 heavy (non-hydrogen) atoms. The maximum absolute atomic E-state index is 11.0. The largest absolute Gasteiger partial charge is 0.479 e. The van der Waals surface area contributed by atoms with Crippen LogP contribution in [0.25, 0.3) is 0 Å². The van der Waals surface area contributed by atoms with Crippen molar-refractivity contribution in [3.63, 3.8) is 0 Å². The van der Waals surface area contributed by atoms with Crippen molar-refractivity contribution in [3.05, 3.63) is 27.2 Å². The van der Waals surface area contributed by atoms with Crippen LogP contribution >= 0.6 is 34.8 Å². The highest BCUT2D eigenvalue weighted by Gasteiger charge is 2.11. The van der Waals surface area contributed by atoms with E-state index < -0.39 is 5.97 Å². The van der Waals surface area contributed by atoms with Crippen LogP contribution in [0.4, 0.5) is 0 Å². The van der Waals surface area contributed by atoms with Crippen molar-refractivity contribution >= 4 is 40.8 Å². The second-order valence-corrected chi connectivity index (χ2v) is 4.04. The Morgan fingerprint density at radius 2 is 1.81 bits per heavy atom. The lowest BCUT2D eigenvalue weighted by Crippen LogP contribution is -2.14. The number of halogens is 3. The van der Waals surface area contributed by atoms with Crippen molar-refractivity contribution in [1.82, 2.24) is 0 Å². The first kappa shape index (κ1) is 13.4. The van der Waals surface area contributed by atoms with Gasteiger partial charge in [0.25, 0.3) is 0 Å². The summed E-state index contributed by atoms with van der Waals surface area (Å²) in [6.07, 6.45) is 0. The van der Waals surface area contributed by atoms with Crippen LogP contribution in [0.5, 0.6) is 5.75 Å². The second kappa shape index (κ2) is 6.18. The van der Waals surface area contributed by atoms with Crippen LogP contribution in [-0.4, -0.2) is 19.2 Å². The van der Waals surface area contributed by atoms with Crippen molar-refractivity contribution in [1.29, 1.82) is 0 Å². The van der Waals surface area contributed by atoms with E-state index >= 15 is 0 Å². The highest BCUT2D eigenvalue weighted by Crippen LogP contribution is 2.35. The Kier molecular flexibility index (Phi) is 5.19. The molecular weight excluding hydrogens is 280 g/mol. The van der Waals surface area contributed by atoms with Gasteiger partial charge in [-0.2, -0.15) is 0 Å². The average molecular weight is 289 g/mol. The standard InChI is InChI=1S/C10H9Cl3O3/c1-2-15-9(14)5-16-10-7(12)3-6(11)4-8(10)13/h3-4H,2,5H2,1H3/i3+1,4+1,6+1,7+1,8+1,10+1. The number of carbonyl (C=O) groups excluding carboxylic acids is 1. The maximum Gasteiger partial charge on any atom is 0.344 e. The van der Waals surface area contributed by atoms with E-state index in [9.17, 15) is 4.79 Å². The Bertz CT molecular complexity index is 370. The van der Waals surface area contributed by atoms with Gasteiger partial charge in [-0.05, 0) is 19.1 Å². The van der Waals surface area contributed by atoms with Gasteiger partial charge in [-0.15, -0.1) is 0 Å². The number of carbonyl (C=O) groups is 1. The molecule has 6 heteroatoms. The Labute approximate surface area is 108 Å². The van der Waals surface area contributed by atoms with Gasteiger partial charge in [-0.3, -0.25) is 0 Å². The summed E-state index contributed by atoms with van der Waals surface area (Å²) in [5.41, 5.74) is 0. The predicted octanol–water partition coefficient (Wildman–Crippen LogP) is 3.59. The number of benzene rings is 1. The van der Waals surface area contributed by atoms with Crippen LogP contribution in [0.1, 0.15) is 6.92 Å². The van der Waals surface area contributed by atoms with E-state index in [0.29, 0.717) is 11.6 Å². The van der Waals surface area contributed by atoms with Gasteiger partial charge < -0.3 is 9.47 Å². The van der Waals surface area contributed by atoms with Crippen LogP contribution < -0.4 is 4.74 Å². The summed E-state index contributed by atoms with van der Waals surface area (Å²) in [4.78, 5) is 11.0. The molecule has 0 spiro atoms. The molecule has 0 aliphatic heterocycles. The molecule has 0 fully saturated rings. The molecule has 1 aromatic carbocycles. The molecule has 88 valence electrons. The Balaban J connectivity index is 2.70. The van der Waals surface area contributed by atoms with Gasteiger partial charge in [0.2, 0.25) is 0 Å². The summed E-state index contributed by atoms with van der Waals surface area (Å²) >= 11 is 17.4. The van der Waals surface area contributed by atoms with Crippen molar-refractivity contribution < 1.29 is 14.3 Å². The zero-order valence-electron chi connectivity index (χ0n) is 8.43. The van der Waals surface area contributed by atoms with E-state index in [0.717, 1.165) is 0 Å². The molecule has 0 unspecified atom stereocenters. The lowest BCUT2D eigenvalue weighted by Gasteiger charge is -2.09. The fourth-order valence-corrected chi connectivity index (χ4v) is 1.93. The lowest BCUT2D eigenvalue weighted by atomic mass is 10.7. The monoisotopic (exact) mass is 288 g/mol. The van der Waals surface area contributed by atoms with Gasteiger partial charge in [0, 0.05) is 5.02 Å². The zero-order valence-corrected chi connectivity index (χ0v) is 10.7. The quantitative estimate of drug-likeness (QED) is 0.795. The molecule has 1 aromatic rings. The zero-order chi connectivity index (χ0) is 12.1. The van der Waals surface area contributed by atoms with Gasteiger partial charge >= 0.3 is 5.97 Å². The fourth-order valence-electron chi connectivity index (χ4n) is 1.00. The van der Waals surface area contributed by atoms with E-state index in [2.05, 4.69) is 0 Å². The predicted molar refractivity (Wildman–Crippen MR) is 63.6 cm³/mol. The molecule has 0 aliphatic rings. The highest BCUT2D eigenvalue weighted by molar-refractivity contribution is 6.40. The van der Waals surface area contributed by atoms with Crippen molar-refractivity contribution in [2.75, 3.05) is 13.2 Å². The topological polar surface area (TPSA) is 35.5 Å². The smallest absolute Gasteiger partial charge is 0.344 e. The first-order chi connectivity index (χ1) is 7.54. The van der Waals surface area contributed by atoms with Gasteiger partial charge in [0.1, 0.15) is 0 Å². The summed E-state index contributed by atoms with van der Waals surface area (Å²) in [6.45, 7) is 1.76. The van der Waals surface area contributed by atoms with Gasteiger partial charge in [-0.25, -0.2) is 4.79 Å². The minimum Gasteiger partial charge on any atom is -0.479 e. The van der Waals surface area contributed by atoms with Crippen LogP contribution in [0.2, 0.25) is 15.1 Å². The van der Waals surface area contributed by atoms with E-state index in [1.165, 1.54) is 12.1 Å². The second-order valence-electron chi connectivity index (χ2n) is 2.79. The molecule has 1 rings (SSSR count). The molecule has 0 heterocycles. The number of esters is 1. The van der Waals surface area contributed by atoms with E-state index in [4.69, 9.17) is 44.3 Å². The molecule has 0 radical (unpaired) electrons. The summed E-state index contributed by atoms with van der Waals surface area (Å²) in [7, 11) is 0. The molecule has 0 aliphatic carbocycles. The molecule has 3 nitrogen and oxygen atoms in total. The molecule has 0 atom stereocenters. The third kappa shape index (κ3) is 3.74. The number of hydrogen-bond donors (Lipinski definition) is 0. The molecular formula is C10H9Cl3O3. The molecule has 0 bridgehead atoms. The normalized spacial score (nSPS) is 10.0. The third-order valence-electron chi connectivity index (χ3n) is 1.60. The summed E-state index contributed by atoms with van der Waals surface area (Å²) in [5.74, 6) is -0.259. The number of hydrogen-bond acceptors (Lipinski definition) is 3. The SMILES string of the molecule is CCOC(=O)CO[13c]1[13c](Cl)[13cH][13c](Cl)[13cH][13c]1Cl.